The van der Waals surface area contributed by atoms with Crippen molar-refractivity contribution in [3.05, 3.63) is 0 Å². The number of rotatable bonds is 4. The highest BCUT2D eigenvalue weighted by atomic mass is 16.4. The third kappa shape index (κ3) is 4.18. The molecule has 0 spiro atoms. The topological polar surface area (TPSA) is 92.4 Å². The normalized spacial score (nSPS) is 15.7. The van der Waals surface area contributed by atoms with Gasteiger partial charge in [-0.25, -0.2) is 4.79 Å². The number of nitrogens with one attached hydrogen (secondary N) is 1. The summed E-state index contributed by atoms with van der Waals surface area (Å²) >= 11 is 0. The van der Waals surface area contributed by atoms with Crippen LogP contribution in [0, 0.1) is 11.3 Å². The molecule has 0 aromatic rings. The highest BCUT2D eigenvalue weighted by molar-refractivity contribution is 5.87. The van der Waals surface area contributed by atoms with Gasteiger partial charge in [0, 0.05) is 0 Å². The lowest BCUT2D eigenvalue weighted by atomic mass is 9.86. The second-order valence-corrected chi connectivity index (χ2v) is 5.42. The molecule has 0 bridgehead atoms. The first kappa shape index (κ1) is 14.9. The molecule has 0 aromatic heterocycles. The van der Waals surface area contributed by atoms with Crippen LogP contribution >= 0.6 is 0 Å². The molecule has 0 aromatic carbocycles. The summed E-state index contributed by atoms with van der Waals surface area (Å²) in [4.78, 5) is 22.7. The summed E-state index contributed by atoms with van der Waals surface area (Å²) < 4.78 is 0. The average molecular weight is 230 g/mol. The van der Waals surface area contributed by atoms with E-state index >= 15 is 0 Å². The molecule has 5 nitrogen and oxygen atoms in total. The number of carbonyl (C=O) groups is 2. The number of hydrogen-bond donors (Lipinski definition) is 3. The lowest BCUT2D eigenvalue weighted by Gasteiger charge is -2.29. The summed E-state index contributed by atoms with van der Waals surface area (Å²) in [6, 6.07) is -1.60. The van der Waals surface area contributed by atoms with Crippen LogP contribution in [-0.2, 0) is 9.59 Å². The molecule has 0 aliphatic carbocycles. The lowest BCUT2D eigenvalue weighted by Crippen LogP contribution is -2.54. The number of carboxylic acids is 1. The van der Waals surface area contributed by atoms with Gasteiger partial charge in [0.1, 0.15) is 6.04 Å². The first-order chi connectivity index (χ1) is 7.07. The molecule has 0 saturated heterocycles. The van der Waals surface area contributed by atoms with E-state index in [0.717, 1.165) is 0 Å². The van der Waals surface area contributed by atoms with Gasteiger partial charge in [-0.15, -0.1) is 0 Å². The van der Waals surface area contributed by atoms with Crippen molar-refractivity contribution in [1.29, 1.82) is 0 Å². The smallest absolute Gasteiger partial charge is 0.326 e. The minimum Gasteiger partial charge on any atom is -0.480 e. The van der Waals surface area contributed by atoms with Gasteiger partial charge in [0.2, 0.25) is 5.91 Å². The highest BCUT2D eigenvalue weighted by Gasteiger charge is 2.34. The fraction of sp³-hybridized carbons (Fsp3) is 0.818. The summed E-state index contributed by atoms with van der Waals surface area (Å²) in [5.74, 6) is -1.48. The fourth-order valence-corrected chi connectivity index (χ4v) is 1.19. The minimum atomic E-state index is -1.04. The van der Waals surface area contributed by atoms with Crippen LogP contribution in [0.15, 0.2) is 0 Å². The number of aliphatic carboxylic acids is 1. The molecule has 4 N–H and O–H groups in total. The minimum absolute atomic E-state index is 0.0191. The van der Waals surface area contributed by atoms with E-state index in [1.54, 1.807) is 20.8 Å². The van der Waals surface area contributed by atoms with Crippen molar-refractivity contribution < 1.29 is 14.7 Å². The van der Waals surface area contributed by atoms with E-state index in [9.17, 15) is 9.59 Å². The third-order valence-corrected chi connectivity index (χ3v) is 2.42. The number of amides is 1. The Hall–Kier alpha value is -1.10. The SMILES string of the molecule is CC(C)C(N)C(=O)N[C@@H](C(=O)O)C(C)(C)C. The quantitative estimate of drug-likeness (QED) is 0.659. The Kier molecular flexibility index (Phi) is 4.93. The van der Waals surface area contributed by atoms with Crippen molar-refractivity contribution in [1.82, 2.24) is 5.32 Å². The van der Waals surface area contributed by atoms with Crippen LogP contribution in [0.25, 0.3) is 0 Å². The van der Waals surface area contributed by atoms with E-state index < -0.39 is 29.4 Å². The van der Waals surface area contributed by atoms with Crippen LogP contribution in [0.4, 0.5) is 0 Å². The van der Waals surface area contributed by atoms with Crippen molar-refractivity contribution in [2.24, 2.45) is 17.1 Å². The van der Waals surface area contributed by atoms with E-state index in [2.05, 4.69) is 5.32 Å². The van der Waals surface area contributed by atoms with E-state index in [0.29, 0.717) is 0 Å². The Morgan fingerprint density at radius 1 is 1.25 bits per heavy atom. The molecular weight excluding hydrogens is 208 g/mol. The molecule has 5 heteroatoms. The Labute approximate surface area is 96.4 Å². The van der Waals surface area contributed by atoms with Gasteiger partial charge in [0.15, 0.2) is 0 Å². The van der Waals surface area contributed by atoms with Gasteiger partial charge in [-0.1, -0.05) is 34.6 Å². The summed E-state index contributed by atoms with van der Waals surface area (Å²) in [5, 5.41) is 11.5. The molecule has 0 aliphatic rings. The fourth-order valence-electron chi connectivity index (χ4n) is 1.19. The standard InChI is InChI=1S/C11H22N2O3/c1-6(2)7(12)9(14)13-8(10(15)16)11(3,4)5/h6-8H,12H2,1-5H3,(H,13,14)(H,15,16)/t7?,8-/m0/s1. The largest absolute Gasteiger partial charge is 0.480 e. The predicted octanol–water partition coefficient (Wildman–Crippen LogP) is 0.585. The molecule has 1 amide bonds. The van der Waals surface area contributed by atoms with Crippen LogP contribution in [0.5, 0.6) is 0 Å². The zero-order valence-electron chi connectivity index (χ0n) is 10.6. The van der Waals surface area contributed by atoms with Gasteiger partial charge in [0.25, 0.3) is 0 Å². The number of carbonyl (C=O) groups excluding carboxylic acids is 1. The second kappa shape index (κ2) is 5.30. The van der Waals surface area contributed by atoms with E-state index in [-0.39, 0.29) is 5.92 Å². The monoisotopic (exact) mass is 230 g/mol. The highest BCUT2D eigenvalue weighted by Crippen LogP contribution is 2.19. The third-order valence-electron chi connectivity index (χ3n) is 2.42. The molecule has 0 fully saturated rings. The van der Waals surface area contributed by atoms with Crippen molar-refractivity contribution >= 4 is 11.9 Å². The first-order valence-corrected chi connectivity index (χ1v) is 5.36. The van der Waals surface area contributed by atoms with Gasteiger partial charge < -0.3 is 16.2 Å². The van der Waals surface area contributed by atoms with Gasteiger partial charge in [-0.05, 0) is 11.3 Å². The van der Waals surface area contributed by atoms with Crippen molar-refractivity contribution in [2.75, 3.05) is 0 Å². The Morgan fingerprint density at radius 3 is 1.94 bits per heavy atom. The lowest BCUT2D eigenvalue weighted by molar-refractivity contribution is -0.145. The summed E-state index contributed by atoms with van der Waals surface area (Å²) in [6.45, 7) is 8.90. The number of hydrogen-bond acceptors (Lipinski definition) is 3. The van der Waals surface area contributed by atoms with Crippen LogP contribution < -0.4 is 11.1 Å². The van der Waals surface area contributed by atoms with Crippen molar-refractivity contribution in [3.8, 4) is 0 Å². The second-order valence-electron chi connectivity index (χ2n) is 5.42. The van der Waals surface area contributed by atoms with Gasteiger partial charge >= 0.3 is 5.97 Å². The summed E-state index contributed by atoms with van der Waals surface area (Å²) in [6.07, 6.45) is 0. The Bertz CT molecular complexity index is 269. The molecule has 0 radical (unpaired) electrons. The molecule has 94 valence electrons. The van der Waals surface area contributed by atoms with Crippen molar-refractivity contribution in [3.63, 3.8) is 0 Å². The van der Waals surface area contributed by atoms with Crippen LogP contribution in [-0.4, -0.2) is 29.1 Å². The maximum absolute atomic E-state index is 11.6. The molecular formula is C11H22N2O3. The molecule has 16 heavy (non-hydrogen) atoms. The number of nitrogens with two attached hydrogens (primary N) is 1. The van der Waals surface area contributed by atoms with E-state index in [1.807, 2.05) is 13.8 Å². The van der Waals surface area contributed by atoms with Crippen LogP contribution in [0.1, 0.15) is 34.6 Å². The molecule has 0 heterocycles. The Balaban J connectivity index is 4.67. The van der Waals surface area contributed by atoms with Crippen LogP contribution in [0.2, 0.25) is 0 Å². The molecule has 0 rings (SSSR count). The van der Waals surface area contributed by atoms with E-state index in [4.69, 9.17) is 10.8 Å². The zero-order chi connectivity index (χ0) is 13.1. The van der Waals surface area contributed by atoms with Gasteiger partial charge in [-0.3, -0.25) is 4.79 Å². The summed E-state index contributed by atoms with van der Waals surface area (Å²) in [7, 11) is 0. The zero-order valence-corrected chi connectivity index (χ0v) is 10.6. The predicted molar refractivity (Wildman–Crippen MR) is 61.8 cm³/mol. The first-order valence-electron chi connectivity index (χ1n) is 5.36. The maximum Gasteiger partial charge on any atom is 0.326 e. The van der Waals surface area contributed by atoms with E-state index in [1.165, 1.54) is 0 Å². The number of carboxylic acid groups (broad SMARTS) is 1. The molecule has 1 unspecified atom stereocenters. The molecule has 0 aliphatic heterocycles. The maximum atomic E-state index is 11.6. The van der Waals surface area contributed by atoms with Crippen molar-refractivity contribution in [2.45, 2.75) is 46.7 Å². The molecule has 2 atom stereocenters. The van der Waals surface area contributed by atoms with Gasteiger partial charge in [-0.2, -0.15) is 0 Å². The Morgan fingerprint density at radius 2 is 1.69 bits per heavy atom. The summed E-state index contributed by atoms with van der Waals surface area (Å²) in [5.41, 5.74) is 5.10. The van der Waals surface area contributed by atoms with Gasteiger partial charge in [0.05, 0.1) is 6.04 Å². The molecule has 0 saturated carbocycles. The van der Waals surface area contributed by atoms with Crippen LogP contribution in [0.3, 0.4) is 0 Å². The average Bonchev–Trinajstić information content (AvgIpc) is 2.09.